The van der Waals surface area contributed by atoms with E-state index in [4.69, 9.17) is 9.47 Å². The minimum atomic E-state index is -0.434. The number of ketones is 1. The molecule has 6 nitrogen and oxygen atoms in total. The molecule has 1 aromatic heterocycles. The Labute approximate surface area is 157 Å². The van der Waals surface area contributed by atoms with E-state index in [0.29, 0.717) is 29.0 Å². The number of aromatic nitrogens is 2. The van der Waals surface area contributed by atoms with Crippen LogP contribution in [0.25, 0.3) is 0 Å². The molecule has 3 aromatic rings. The first-order valence-corrected chi connectivity index (χ1v) is 8.48. The summed E-state index contributed by atoms with van der Waals surface area (Å²) in [5.41, 5.74) is 2.69. The first kappa shape index (κ1) is 18.4. The average Bonchev–Trinajstić information content (AvgIpc) is 3.19. The zero-order chi connectivity index (χ0) is 19.2. The van der Waals surface area contributed by atoms with Crippen molar-refractivity contribution in [2.45, 2.75) is 20.1 Å². The van der Waals surface area contributed by atoms with E-state index in [1.807, 2.05) is 29.1 Å². The Morgan fingerprint density at radius 1 is 1.07 bits per heavy atom. The number of methoxy groups -OCH3 is 1. The number of carbonyl (C=O) groups excluding carboxylic acids is 2. The minimum Gasteiger partial charge on any atom is -0.496 e. The molecule has 27 heavy (non-hydrogen) atoms. The molecule has 1 heterocycles. The normalized spacial score (nSPS) is 10.4. The van der Waals surface area contributed by atoms with Crippen LogP contribution in [0.1, 0.15) is 38.8 Å². The number of carbonyl (C=O) groups is 2. The number of esters is 1. The van der Waals surface area contributed by atoms with Gasteiger partial charge in [-0.25, -0.2) is 4.79 Å². The van der Waals surface area contributed by atoms with Crippen molar-refractivity contribution in [1.29, 1.82) is 0 Å². The fraction of sp³-hybridized carbons (Fsp3) is 0.190. The molecule has 0 fully saturated rings. The van der Waals surface area contributed by atoms with Gasteiger partial charge in [0, 0.05) is 23.5 Å². The number of rotatable bonds is 7. The van der Waals surface area contributed by atoms with E-state index < -0.39 is 5.97 Å². The predicted molar refractivity (Wildman–Crippen MR) is 99.9 cm³/mol. The first-order valence-electron chi connectivity index (χ1n) is 8.48. The van der Waals surface area contributed by atoms with Crippen LogP contribution in [0.3, 0.4) is 0 Å². The molecule has 0 aliphatic carbocycles. The lowest BCUT2D eigenvalue weighted by Crippen LogP contribution is -2.07. The Kier molecular flexibility index (Phi) is 5.66. The highest BCUT2D eigenvalue weighted by atomic mass is 16.5. The third-order valence-electron chi connectivity index (χ3n) is 4.14. The van der Waals surface area contributed by atoms with Crippen LogP contribution >= 0.6 is 0 Å². The Balaban J connectivity index is 1.65. The summed E-state index contributed by atoms with van der Waals surface area (Å²) in [5, 5.41) is 4.16. The van der Waals surface area contributed by atoms with Gasteiger partial charge in [0.05, 0.1) is 19.2 Å². The van der Waals surface area contributed by atoms with E-state index in [-0.39, 0.29) is 12.4 Å². The molecule has 0 spiro atoms. The van der Waals surface area contributed by atoms with E-state index in [9.17, 15) is 9.59 Å². The van der Waals surface area contributed by atoms with Gasteiger partial charge in [-0.1, -0.05) is 12.1 Å². The maximum atomic E-state index is 12.3. The standard InChI is InChI=1S/C21H20N2O4/c1-15(24)18-8-9-20(26-2)19(12-18)14-27-21(25)17-6-4-16(5-7-17)13-23-11-3-10-22-23/h3-12H,13-14H2,1-2H3. The molecule has 2 aromatic carbocycles. The van der Waals surface area contributed by atoms with Crippen molar-refractivity contribution in [2.24, 2.45) is 0 Å². The van der Waals surface area contributed by atoms with Gasteiger partial charge in [-0.2, -0.15) is 5.10 Å². The van der Waals surface area contributed by atoms with Gasteiger partial charge in [-0.15, -0.1) is 0 Å². The van der Waals surface area contributed by atoms with E-state index in [2.05, 4.69) is 5.10 Å². The third kappa shape index (κ3) is 4.61. The van der Waals surface area contributed by atoms with Gasteiger partial charge in [0.1, 0.15) is 12.4 Å². The van der Waals surface area contributed by atoms with Crippen molar-refractivity contribution < 1.29 is 19.1 Å². The number of nitrogens with zero attached hydrogens (tertiary/aromatic N) is 2. The molecule has 0 saturated heterocycles. The lowest BCUT2D eigenvalue weighted by atomic mass is 10.1. The maximum absolute atomic E-state index is 12.3. The van der Waals surface area contributed by atoms with Crippen LogP contribution in [-0.4, -0.2) is 28.6 Å². The maximum Gasteiger partial charge on any atom is 0.338 e. The van der Waals surface area contributed by atoms with E-state index in [1.165, 1.54) is 14.0 Å². The first-order chi connectivity index (χ1) is 13.1. The quantitative estimate of drug-likeness (QED) is 0.474. The fourth-order valence-corrected chi connectivity index (χ4v) is 2.66. The second kappa shape index (κ2) is 8.31. The summed E-state index contributed by atoms with van der Waals surface area (Å²) in [7, 11) is 1.53. The van der Waals surface area contributed by atoms with Gasteiger partial charge in [-0.3, -0.25) is 9.48 Å². The molecule has 0 aliphatic rings. The Morgan fingerprint density at radius 2 is 1.81 bits per heavy atom. The van der Waals surface area contributed by atoms with E-state index in [1.54, 1.807) is 36.5 Å². The van der Waals surface area contributed by atoms with Crippen molar-refractivity contribution in [3.8, 4) is 5.75 Å². The summed E-state index contributed by atoms with van der Waals surface area (Å²) in [6.45, 7) is 2.15. The van der Waals surface area contributed by atoms with Crippen molar-refractivity contribution >= 4 is 11.8 Å². The zero-order valence-electron chi connectivity index (χ0n) is 15.2. The lowest BCUT2D eigenvalue weighted by molar-refractivity contribution is 0.0470. The number of ether oxygens (including phenoxy) is 2. The van der Waals surface area contributed by atoms with Gasteiger partial charge in [0.2, 0.25) is 0 Å². The van der Waals surface area contributed by atoms with Crippen LogP contribution in [0.5, 0.6) is 5.75 Å². The highest BCUT2D eigenvalue weighted by molar-refractivity contribution is 5.94. The molecule has 6 heteroatoms. The topological polar surface area (TPSA) is 70.4 Å². The molecule has 0 N–H and O–H groups in total. The summed E-state index contributed by atoms with van der Waals surface area (Å²) >= 11 is 0. The molecule has 3 rings (SSSR count). The van der Waals surface area contributed by atoms with Gasteiger partial charge in [-0.05, 0) is 48.9 Å². The van der Waals surface area contributed by atoms with Crippen molar-refractivity contribution in [3.63, 3.8) is 0 Å². The molecular weight excluding hydrogens is 344 g/mol. The van der Waals surface area contributed by atoms with Crippen LogP contribution in [0.4, 0.5) is 0 Å². The second-order valence-corrected chi connectivity index (χ2v) is 6.06. The fourth-order valence-electron chi connectivity index (χ4n) is 2.66. The second-order valence-electron chi connectivity index (χ2n) is 6.06. The molecular formula is C21H20N2O4. The molecule has 0 unspecified atom stereocenters. The highest BCUT2D eigenvalue weighted by Crippen LogP contribution is 2.21. The predicted octanol–water partition coefficient (Wildman–Crippen LogP) is 3.50. The number of benzene rings is 2. The number of hydrogen-bond donors (Lipinski definition) is 0. The Bertz CT molecular complexity index is 931. The minimum absolute atomic E-state index is 0.0260. The van der Waals surface area contributed by atoms with Crippen molar-refractivity contribution in [3.05, 3.63) is 83.2 Å². The monoisotopic (exact) mass is 364 g/mol. The molecule has 0 saturated carbocycles. The SMILES string of the molecule is COc1ccc(C(C)=O)cc1COC(=O)c1ccc(Cn2cccn2)cc1. The molecule has 0 atom stereocenters. The van der Waals surface area contributed by atoms with Gasteiger partial charge >= 0.3 is 5.97 Å². The van der Waals surface area contributed by atoms with Crippen LogP contribution in [0.15, 0.2) is 60.9 Å². The van der Waals surface area contributed by atoms with Crippen molar-refractivity contribution in [2.75, 3.05) is 7.11 Å². The van der Waals surface area contributed by atoms with Crippen LogP contribution in [0, 0.1) is 0 Å². The molecule has 138 valence electrons. The van der Waals surface area contributed by atoms with Crippen LogP contribution < -0.4 is 4.74 Å². The number of Topliss-reactive ketones (excluding diaryl/α,β-unsaturated/α-hetero) is 1. The number of hydrogen-bond acceptors (Lipinski definition) is 5. The zero-order valence-corrected chi connectivity index (χ0v) is 15.2. The summed E-state index contributed by atoms with van der Waals surface area (Å²) in [4.78, 5) is 23.9. The average molecular weight is 364 g/mol. The summed E-state index contributed by atoms with van der Waals surface area (Å²) in [6, 6.07) is 14.1. The van der Waals surface area contributed by atoms with Gasteiger partial charge in [0.25, 0.3) is 0 Å². The van der Waals surface area contributed by atoms with Crippen LogP contribution in [0.2, 0.25) is 0 Å². The summed E-state index contributed by atoms with van der Waals surface area (Å²) < 4.78 is 12.5. The molecule has 0 amide bonds. The lowest BCUT2D eigenvalue weighted by Gasteiger charge is -2.11. The molecule has 0 radical (unpaired) electrons. The smallest absolute Gasteiger partial charge is 0.338 e. The Hall–Kier alpha value is -3.41. The largest absolute Gasteiger partial charge is 0.496 e. The van der Waals surface area contributed by atoms with Gasteiger partial charge in [0.15, 0.2) is 5.78 Å². The van der Waals surface area contributed by atoms with Crippen LogP contribution in [-0.2, 0) is 17.9 Å². The highest BCUT2D eigenvalue weighted by Gasteiger charge is 2.12. The Morgan fingerprint density at radius 3 is 2.44 bits per heavy atom. The van der Waals surface area contributed by atoms with E-state index in [0.717, 1.165) is 5.56 Å². The summed E-state index contributed by atoms with van der Waals surface area (Å²) in [6.07, 6.45) is 3.60. The van der Waals surface area contributed by atoms with Crippen molar-refractivity contribution in [1.82, 2.24) is 9.78 Å². The molecule has 0 bridgehead atoms. The molecule has 0 aliphatic heterocycles. The van der Waals surface area contributed by atoms with Gasteiger partial charge < -0.3 is 9.47 Å². The van der Waals surface area contributed by atoms with E-state index >= 15 is 0 Å². The summed E-state index contributed by atoms with van der Waals surface area (Å²) in [5.74, 6) is 0.0799. The third-order valence-corrected chi connectivity index (χ3v) is 4.14.